The van der Waals surface area contributed by atoms with Crippen LogP contribution in [0, 0.1) is 0 Å². The Morgan fingerprint density at radius 2 is 1.94 bits per heavy atom. The van der Waals surface area contributed by atoms with E-state index < -0.39 is 5.97 Å². The summed E-state index contributed by atoms with van der Waals surface area (Å²) in [5.41, 5.74) is 0.484. The highest BCUT2D eigenvalue weighted by Crippen LogP contribution is 2.12. The number of ether oxygens (including phenoxy) is 1. The zero-order valence-electron chi connectivity index (χ0n) is 9.40. The Balaban J connectivity index is 2.60. The average Bonchev–Trinajstić information content (AvgIpc) is 2.35. The van der Waals surface area contributed by atoms with Gasteiger partial charge >= 0.3 is 5.97 Å². The topological polar surface area (TPSA) is 75.6 Å². The molecule has 1 aromatic carbocycles. The summed E-state index contributed by atoms with van der Waals surface area (Å²) in [6.07, 6.45) is 0. The van der Waals surface area contributed by atoms with E-state index in [1.165, 1.54) is 0 Å². The van der Waals surface area contributed by atoms with E-state index in [0.29, 0.717) is 11.3 Å². The zero-order chi connectivity index (χ0) is 12.8. The minimum absolute atomic E-state index is 0.0274. The molecule has 1 rings (SSSR count). The fourth-order valence-corrected chi connectivity index (χ4v) is 1.08. The number of carbonyl (C=O) groups is 2. The van der Waals surface area contributed by atoms with Crippen LogP contribution in [0.4, 0.5) is 0 Å². The summed E-state index contributed by atoms with van der Waals surface area (Å²) in [4.78, 5) is 21.7. The van der Waals surface area contributed by atoms with Gasteiger partial charge in [0.2, 0.25) is 0 Å². The highest BCUT2D eigenvalue weighted by atomic mass is 16.5. The van der Waals surface area contributed by atoms with E-state index >= 15 is 0 Å². The second kappa shape index (κ2) is 5.69. The molecule has 5 nitrogen and oxygen atoms in total. The molecule has 1 amide bonds. The van der Waals surface area contributed by atoms with Gasteiger partial charge in [0.1, 0.15) is 12.4 Å². The van der Waals surface area contributed by atoms with Crippen LogP contribution in [0.1, 0.15) is 10.4 Å². The standard InChI is InChI=1S/C12H13NO4/c1-8(12(15)16)7-17-10-5-3-9(4-6-10)11(14)13-2/h3-6H,1,7H2,2H3,(H,13,14)(H,15,16). The Hall–Kier alpha value is -2.30. The normalized spacial score (nSPS) is 9.47. The molecule has 0 aliphatic rings. The first-order chi connectivity index (χ1) is 8.04. The van der Waals surface area contributed by atoms with Gasteiger partial charge < -0.3 is 15.2 Å². The molecule has 0 radical (unpaired) electrons. The van der Waals surface area contributed by atoms with E-state index in [0.717, 1.165) is 0 Å². The summed E-state index contributed by atoms with van der Waals surface area (Å²) >= 11 is 0. The third kappa shape index (κ3) is 3.64. The van der Waals surface area contributed by atoms with E-state index in [4.69, 9.17) is 9.84 Å². The fourth-order valence-electron chi connectivity index (χ4n) is 1.08. The summed E-state index contributed by atoms with van der Waals surface area (Å²) in [6, 6.07) is 6.38. The largest absolute Gasteiger partial charge is 0.489 e. The van der Waals surface area contributed by atoms with Crippen LogP contribution >= 0.6 is 0 Å². The molecule has 0 bridgehead atoms. The Labute approximate surface area is 98.7 Å². The second-order valence-electron chi connectivity index (χ2n) is 3.30. The zero-order valence-corrected chi connectivity index (χ0v) is 9.40. The molecule has 0 unspecified atom stereocenters. The van der Waals surface area contributed by atoms with Gasteiger partial charge in [-0.3, -0.25) is 4.79 Å². The lowest BCUT2D eigenvalue weighted by Crippen LogP contribution is -2.17. The van der Waals surface area contributed by atoms with Crippen LogP contribution < -0.4 is 10.1 Å². The SMILES string of the molecule is C=C(COc1ccc(C(=O)NC)cc1)C(=O)O. The number of hydrogen-bond donors (Lipinski definition) is 2. The van der Waals surface area contributed by atoms with Crippen LogP contribution in [0.25, 0.3) is 0 Å². The van der Waals surface area contributed by atoms with Crippen molar-refractivity contribution >= 4 is 11.9 Å². The number of benzene rings is 1. The van der Waals surface area contributed by atoms with Gasteiger partial charge in [0.25, 0.3) is 5.91 Å². The summed E-state index contributed by atoms with van der Waals surface area (Å²) in [5.74, 6) is -0.793. The first-order valence-electron chi connectivity index (χ1n) is 4.90. The molecular formula is C12H13NO4. The predicted octanol–water partition coefficient (Wildman–Crippen LogP) is 1.07. The molecule has 0 atom stereocenters. The van der Waals surface area contributed by atoms with Crippen molar-refractivity contribution in [1.29, 1.82) is 0 Å². The molecular weight excluding hydrogens is 222 g/mol. The number of carboxylic acid groups (broad SMARTS) is 1. The van der Waals surface area contributed by atoms with E-state index in [1.54, 1.807) is 31.3 Å². The van der Waals surface area contributed by atoms with Crippen molar-refractivity contribution in [3.63, 3.8) is 0 Å². The number of carboxylic acids is 1. The molecule has 0 fully saturated rings. The minimum atomic E-state index is -1.09. The Bertz CT molecular complexity index is 436. The molecule has 0 heterocycles. The van der Waals surface area contributed by atoms with Crippen LogP contribution in [0.3, 0.4) is 0 Å². The van der Waals surface area contributed by atoms with Crippen molar-refractivity contribution < 1.29 is 19.4 Å². The third-order valence-electron chi connectivity index (χ3n) is 2.06. The van der Waals surface area contributed by atoms with Crippen LogP contribution in [-0.2, 0) is 4.79 Å². The third-order valence-corrected chi connectivity index (χ3v) is 2.06. The van der Waals surface area contributed by atoms with Gasteiger partial charge in [0.15, 0.2) is 0 Å². The van der Waals surface area contributed by atoms with E-state index in [1.807, 2.05) is 0 Å². The summed E-state index contributed by atoms with van der Waals surface area (Å²) in [6.45, 7) is 3.25. The number of nitrogens with one attached hydrogen (secondary N) is 1. The summed E-state index contributed by atoms with van der Waals surface area (Å²) in [7, 11) is 1.55. The lowest BCUT2D eigenvalue weighted by atomic mass is 10.2. The summed E-state index contributed by atoms with van der Waals surface area (Å²) in [5, 5.41) is 11.1. The molecule has 1 aromatic rings. The van der Waals surface area contributed by atoms with Crippen LogP contribution in [-0.4, -0.2) is 30.6 Å². The van der Waals surface area contributed by atoms with Crippen molar-refractivity contribution in [3.05, 3.63) is 42.0 Å². The molecule has 2 N–H and O–H groups in total. The van der Waals surface area contributed by atoms with Gasteiger partial charge in [-0.05, 0) is 24.3 Å². The molecule has 0 aliphatic carbocycles. The van der Waals surface area contributed by atoms with E-state index in [-0.39, 0.29) is 18.1 Å². The van der Waals surface area contributed by atoms with Gasteiger partial charge in [-0.15, -0.1) is 0 Å². The second-order valence-corrected chi connectivity index (χ2v) is 3.30. The number of carbonyl (C=O) groups excluding carboxylic acids is 1. The average molecular weight is 235 g/mol. The molecule has 17 heavy (non-hydrogen) atoms. The van der Waals surface area contributed by atoms with Crippen molar-refractivity contribution in [2.75, 3.05) is 13.7 Å². The Morgan fingerprint density at radius 3 is 2.41 bits per heavy atom. The maximum absolute atomic E-state index is 11.2. The number of amides is 1. The Kier molecular flexibility index (Phi) is 4.28. The highest BCUT2D eigenvalue weighted by Gasteiger charge is 2.06. The molecule has 0 spiro atoms. The fraction of sp³-hybridized carbons (Fsp3) is 0.167. The monoisotopic (exact) mass is 235 g/mol. The number of aliphatic carboxylic acids is 1. The van der Waals surface area contributed by atoms with Gasteiger partial charge in [0, 0.05) is 12.6 Å². The van der Waals surface area contributed by atoms with Crippen LogP contribution in [0.5, 0.6) is 5.75 Å². The van der Waals surface area contributed by atoms with Gasteiger partial charge in [-0.25, -0.2) is 4.79 Å². The molecule has 0 saturated carbocycles. The molecule has 0 aromatic heterocycles. The van der Waals surface area contributed by atoms with Crippen molar-refractivity contribution in [2.24, 2.45) is 0 Å². The molecule has 5 heteroatoms. The minimum Gasteiger partial charge on any atom is -0.489 e. The smallest absolute Gasteiger partial charge is 0.334 e. The predicted molar refractivity (Wildman–Crippen MR) is 62.1 cm³/mol. The van der Waals surface area contributed by atoms with Crippen molar-refractivity contribution in [3.8, 4) is 5.75 Å². The van der Waals surface area contributed by atoms with Crippen molar-refractivity contribution in [2.45, 2.75) is 0 Å². The number of rotatable bonds is 5. The molecule has 0 saturated heterocycles. The van der Waals surface area contributed by atoms with Crippen LogP contribution in [0.2, 0.25) is 0 Å². The maximum Gasteiger partial charge on any atom is 0.334 e. The van der Waals surface area contributed by atoms with E-state index in [9.17, 15) is 9.59 Å². The van der Waals surface area contributed by atoms with Gasteiger partial charge in [-0.2, -0.15) is 0 Å². The van der Waals surface area contributed by atoms with Crippen LogP contribution in [0.15, 0.2) is 36.4 Å². The molecule has 90 valence electrons. The number of hydrogen-bond acceptors (Lipinski definition) is 3. The van der Waals surface area contributed by atoms with E-state index in [2.05, 4.69) is 11.9 Å². The first-order valence-corrected chi connectivity index (χ1v) is 4.90. The Morgan fingerprint density at radius 1 is 1.35 bits per heavy atom. The lowest BCUT2D eigenvalue weighted by molar-refractivity contribution is -0.133. The maximum atomic E-state index is 11.2. The highest BCUT2D eigenvalue weighted by molar-refractivity contribution is 5.94. The lowest BCUT2D eigenvalue weighted by Gasteiger charge is -2.06. The van der Waals surface area contributed by atoms with Gasteiger partial charge in [0.05, 0.1) is 5.57 Å². The first kappa shape index (κ1) is 12.8. The van der Waals surface area contributed by atoms with Crippen molar-refractivity contribution in [1.82, 2.24) is 5.32 Å². The summed E-state index contributed by atoms with van der Waals surface area (Å²) < 4.78 is 5.19. The quantitative estimate of drug-likeness (QED) is 0.748. The molecule has 0 aliphatic heterocycles. The van der Waals surface area contributed by atoms with Gasteiger partial charge in [-0.1, -0.05) is 6.58 Å².